The van der Waals surface area contributed by atoms with Crippen molar-refractivity contribution >= 4 is 32.6 Å². The second-order valence-corrected chi connectivity index (χ2v) is 2.74. The first-order chi connectivity index (χ1) is 4.30. The van der Waals surface area contributed by atoms with E-state index in [9.17, 15) is 4.79 Å². The van der Waals surface area contributed by atoms with Crippen LogP contribution in [0.5, 0.6) is 0 Å². The number of carbonyl (C=O) groups excluding carboxylic acids is 1. The first-order valence-electron chi connectivity index (χ1n) is 2.70. The number of dihydropyridines is 1. The van der Waals surface area contributed by atoms with Crippen LogP contribution in [0, 0.1) is 0 Å². The van der Waals surface area contributed by atoms with Crippen molar-refractivity contribution in [2.75, 3.05) is 6.54 Å². The van der Waals surface area contributed by atoms with Gasteiger partial charge in [-0.15, -0.1) is 0 Å². The molecule has 0 saturated carbocycles. The van der Waals surface area contributed by atoms with E-state index >= 15 is 0 Å². The summed E-state index contributed by atoms with van der Waals surface area (Å²) in [4.78, 5) is 14.6. The minimum absolute atomic E-state index is 0.0797. The van der Waals surface area contributed by atoms with E-state index in [4.69, 9.17) is 0 Å². The zero-order valence-electron chi connectivity index (χ0n) is 4.80. The molecule has 1 aliphatic heterocycles. The van der Waals surface area contributed by atoms with Crippen molar-refractivity contribution < 1.29 is 4.79 Å². The Kier molecular flexibility index (Phi) is 2.38. The minimum Gasteiger partial charge on any atom is -0.292 e. The zero-order valence-corrected chi connectivity index (χ0v) is 6.96. The number of nitrogens with zero attached hydrogens (tertiary/aromatic N) is 1. The Bertz CT molecular complexity index is 183. The molecule has 0 aromatic carbocycles. The summed E-state index contributed by atoms with van der Waals surface area (Å²) in [7, 11) is 0. The summed E-state index contributed by atoms with van der Waals surface area (Å²) in [5.74, 6) is 0. The second kappa shape index (κ2) is 3.10. The Hall–Kier alpha value is -0.190. The molecule has 1 heterocycles. The van der Waals surface area contributed by atoms with Crippen LogP contribution < -0.4 is 0 Å². The standard InChI is InChI=1S/C6H6INO/c7-6(9)5-2-1-3-8-4-5/h2,4H,1,3H2. The molecular formula is C6H6INO. The first kappa shape index (κ1) is 6.92. The fraction of sp³-hybridized carbons (Fsp3) is 0.333. The average Bonchev–Trinajstić information content (AvgIpc) is 1.90. The van der Waals surface area contributed by atoms with Crippen LogP contribution >= 0.6 is 22.6 Å². The third-order valence-electron chi connectivity index (χ3n) is 1.08. The number of carbonyl (C=O) groups is 1. The maximum Gasteiger partial charge on any atom is 0.223 e. The topological polar surface area (TPSA) is 29.4 Å². The van der Waals surface area contributed by atoms with E-state index < -0.39 is 0 Å². The third kappa shape index (κ3) is 1.89. The lowest BCUT2D eigenvalue weighted by atomic mass is 10.2. The Morgan fingerprint density at radius 1 is 1.78 bits per heavy atom. The largest absolute Gasteiger partial charge is 0.292 e. The molecule has 0 aliphatic carbocycles. The van der Waals surface area contributed by atoms with E-state index in [0.29, 0.717) is 0 Å². The quantitative estimate of drug-likeness (QED) is 0.498. The molecule has 0 aromatic heterocycles. The van der Waals surface area contributed by atoms with Crippen LogP contribution in [0.25, 0.3) is 0 Å². The van der Waals surface area contributed by atoms with Gasteiger partial charge < -0.3 is 0 Å². The normalized spacial score (nSPS) is 17.2. The van der Waals surface area contributed by atoms with E-state index in [2.05, 4.69) is 4.99 Å². The van der Waals surface area contributed by atoms with Gasteiger partial charge in [-0.05, 0) is 6.42 Å². The highest BCUT2D eigenvalue weighted by molar-refractivity contribution is 14.1. The van der Waals surface area contributed by atoms with Gasteiger partial charge >= 0.3 is 0 Å². The molecule has 0 fully saturated rings. The van der Waals surface area contributed by atoms with Crippen LogP contribution in [0.3, 0.4) is 0 Å². The lowest BCUT2D eigenvalue weighted by molar-refractivity contribution is -0.106. The zero-order chi connectivity index (χ0) is 6.69. The first-order valence-corrected chi connectivity index (χ1v) is 3.78. The predicted molar refractivity (Wildman–Crippen MR) is 45.1 cm³/mol. The van der Waals surface area contributed by atoms with E-state index in [1.807, 2.05) is 6.08 Å². The minimum atomic E-state index is 0.0797. The highest BCUT2D eigenvalue weighted by Crippen LogP contribution is 2.05. The summed E-state index contributed by atoms with van der Waals surface area (Å²) in [6.07, 6.45) is 4.46. The van der Waals surface area contributed by atoms with Crippen LogP contribution in [0.2, 0.25) is 0 Å². The van der Waals surface area contributed by atoms with Crippen LogP contribution in [0.15, 0.2) is 16.6 Å². The number of halogens is 1. The van der Waals surface area contributed by atoms with Gasteiger partial charge in [0.15, 0.2) is 0 Å². The summed E-state index contributed by atoms with van der Waals surface area (Å²) in [5, 5.41) is 0. The Morgan fingerprint density at radius 3 is 2.89 bits per heavy atom. The van der Waals surface area contributed by atoms with Crippen molar-refractivity contribution in [2.24, 2.45) is 4.99 Å². The molecule has 0 radical (unpaired) electrons. The Morgan fingerprint density at radius 2 is 2.56 bits per heavy atom. The molecule has 9 heavy (non-hydrogen) atoms. The van der Waals surface area contributed by atoms with Gasteiger partial charge in [0.05, 0.1) is 0 Å². The third-order valence-corrected chi connectivity index (χ3v) is 1.70. The van der Waals surface area contributed by atoms with E-state index in [1.165, 1.54) is 0 Å². The second-order valence-electron chi connectivity index (χ2n) is 1.76. The van der Waals surface area contributed by atoms with Gasteiger partial charge in [-0.1, -0.05) is 6.08 Å². The van der Waals surface area contributed by atoms with E-state index in [-0.39, 0.29) is 3.79 Å². The highest BCUT2D eigenvalue weighted by Gasteiger charge is 2.03. The number of aliphatic imine (C=N–C) groups is 1. The molecule has 0 amide bonds. The van der Waals surface area contributed by atoms with Gasteiger partial charge in [-0.2, -0.15) is 0 Å². The van der Waals surface area contributed by atoms with Crippen LogP contribution in [-0.2, 0) is 4.79 Å². The van der Waals surface area contributed by atoms with Crippen LogP contribution in [0.1, 0.15) is 6.42 Å². The van der Waals surface area contributed by atoms with Crippen LogP contribution in [0.4, 0.5) is 0 Å². The van der Waals surface area contributed by atoms with Crippen molar-refractivity contribution in [3.63, 3.8) is 0 Å². The van der Waals surface area contributed by atoms with Gasteiger partial charge in [0.25, 0.3) is 0 Å². The molecule has 2 nitrogen and oxygen atoms in total. The molecule has 0 bridgehead atoms. The van der Waals surface area contributed by atoms with Gasteiger partial charge in [0.2, 0.25) is 3.79 Å². The number of hydrogen-bond donors (Lipinski definition) is 0. The lowest BCUT2D eigenvalue weighted by Crippen LogP contribution is -1.99. The van der Waals surface area contributed by atoms with Crippen molar-refractivity contribution in [1.29, 1.82) is 0 Å². The highest BCUT2D eigenvalue weighted by atomic mass is 127. The van der Waals surface area contributed by atoms with E-state index in [0.717, 1.165) is 18.5 Å². The maximum atomic E-state index is 10.6. The van der Waals surface area contributed by atoms with Gasteiger partial charge in [0.1, 0.15) is 0 Å². The Labute approximate surface area is 67.2 Å². The fourth-order valence-electron chi connectivity index (χ4n) is 0.641. The molecule has 0 spiro atoms. The Balaban J connectivity index is 2.69. The molecular weight excluding hydrogens is 229 g/mol. The van der Waals surface area contributed by atoms with Gasteiger partial charge in [0, 0.05) is 40.9 Å². The van der Waals surface area contributed by atoms with Crippen LogP contribution in [-0.4, -0.2) is 16.5 Å². The van der Waals surface area contributed by atoms with Crippen molar-refractivity contribution in [2.45, 2.75) is 6.42 Å². The summed E-state index contributed by atoms with van der Waals surface area (Å²) in [5.41, 5.74) is 0.738. The SMILES string of the molecule is O=C(I)C1=CCCN=C1. The van der Waals surface area contributed by atoms with Gasteiger partial charge in [-0.25, -0.2) is 0 Å². The molecule has 48 valence electrons. The predicted octanol–water partition coefficient (Wildman–Crippen LogP) is 1.35. The smallest absolute Gasteiger partial charge is 0.223 e. The van der Waals surface area contributed by atoms with Crippen molar-refractivity contribution in [3.8, 4) is 0 Å². The molecule has 3 heteroatoms. The van der Waals surface area contributed by atoms with Crippen molar-refractivity contribution in [3.05, 3.63) is 11.6 Å². The summed E-state index contributed by atoms with van der Waals surface area (Å²) in [6.45, 7) is 0.827. The number of allylic oxidation sites excluding steroid dienone is 1. The van der Waals surface area contributed by atoms with Crippen molar-refractivity contribution in [1.82, 2.24) is 0 Å². The number of hydrogen-bond acceptors (Lipinski definition) is 2. The molecule has 0 atom stereocenters. The number of rotatable bonds is 1. The van der Waals surface area contributed by atoms with Gasteiger partial charge in [-0.3, -0.25) is 9.79 Å². The maximum absolute atomic E-state index is 10.6. The summed E-state index contributed by atoms with van der Waals surface area (Å²) < 4.78 is 0.0797. The monoisotopic (exact) mass is 235 g/mol. The lowest BCUT2D eigenvalue weighted by Gasteiger charge is -1.98. The molecule has 0 aromatic rings. The summed E-state index contributed by atoms with van der Waals surface area (Å²) >= 11 is 1.76. The molecule has 0 N–H and O–H groups in total. The molecule has 1 rings (SSSR count). The molecule has 0 saturated heterocycles. The summed E-state index contributed by atoms with van der Waals surface area (Å²) in [6, 6.07) is 0. The average molecular weight is 235 g/mol. The molecule has 1 aliphatic rings. The molecule has 0 unspecified atom stereocenters. The fourth-order valence-corrected chi connectivity index (χ4v) is 1.00. The van der Waals surface area contributed by atoms with E-state index in [1.54, 1.807) is 28.8 Å².